The number of carboxylic acids is 1. The monoisotopic (exact) mass is 360 g/mol. The van der Waals surface area contributed by atoms with Gasteiger partial charge in [-0.2, -0.15) is 0 Å². The number of hydrogen-bond donors (Lipinski definition) is 2. The highest BCUT2D eigenvalue weighted by molar-refractivity contribution is 7.14. The second-order valence-electron chi connectivity index (χ2n) is 4.88. The molecule has 0 amide bonds. The van der Waals surface area contributed by atoms with Gasteiger partial charge in [0.05, 0.1) is 5.69 Å². The van der Waals surface area contributed by atoms with Gasteiger partial charge in [0.1, 0.15) is 5.75 Å². The lowest BCUT2D eigenvalue weighted by Gasteiger charge is -2.04. The Hall–Kier alpha value is -2.57. The number of aliphatic carboxylic acids is 1. The standard InChI is InChI=1S/C17H13ClN2O3S/c18-12-3-5-13(6-4-12)19-17-20-15(10-24-17)11-1-7-14(8-2-11)23-9-16(21)22/h1-8,10H,9H2,(H,19,20)(H,21,22). The van der Waals surface area contributed by atoms with Gasteiger partial charge in [0.15, 0.2) is 11.7 Å². The summed E-state index contributed by atoms with van der Waals surface area (Å²) >= 11 is 7.37. The second kappa shape index (κ2) is 7.33. The van der Waals surface area contributed by atoms with E-state index in [-0.39, 0.29) is 6.61 Å². The molecule has 5 nitrogen and oxygen atoms in total. The third kappa shape index (κ3) is 4.24. The predicted octanol–water partition coefficient (Wildman–Crippen LogP) is 4.67. The molecular formula is C17H13ClN2O3S. The molecule has 3 rings (SSSR count). The van der Waals surface area contributed by atoms with Crippen molar-refractivity contribution in [3.05, 3.63) is 58.9 Å². The van der Waals surface area contributed by atoms with Crippen LogP contribution in [0.2, 0.25) is 5.02 Å². The van der Waals surface area contributed by atoms with Gasteiger partial charge in [-0.25, -0.2) is 9.78 Å². The van der Waals surface area contributed by atoms with Gasteiger partial charge in [-0.05, 0) is 48.5 Å². The average molecular weight is 361 g/mol. The van der Waals surface area contributed by atoms with Crippen LogP contribution >= 0.6 is 22.9 Å². The van der Waals surface area contributed by atoms with Crippen LogP contribution in [0.15, 0.2) is 53.9 Å². The number of nitrogens with one attached hydrogen (secondary N) is 1. The molecular weight excluding hydrogens is 348 g/mol. The Morgan fingerprint density at radius 3 is 2.54 bits per heavy atom. The van der Waals surface area contributed by atoms with Gasteiger partial charge in [-0.15, -0.1) is 11.3 Å². The largest absolute Gasteiger partial charge is 0.482 e. The number of ether oxygens (including phenoxy) is 1. The summed E-state index contributed by atoms with van der Waals surface area (Å²) in [4.78, 5) is 15.0. The van der Waals surface area contributed by atoms with Crippen LogP contribution in [-0.2, 0) is 4.79 Å². The molecule has 7 heteroatoms. The van der Waals surface area contributed by atoms with Crippen LogP contribution in [-0.4, -0.2) is 22.7 Å². The fraction of sp³-hybridized carbons (Fsp3) is 0.0588. The van der Waals surface area contributed by atoms with Crippen LogP contribution in [0.4, 0.5) is 10.8 Å². The first-order chi connectivity index (χ1) is 11.6. The highest BCUT2D eigenvalue weighted by Crippen LogP contribution is 2.28. The number of rotatable bonds is 6. The van der Waals surface area contributed by atoms with E-state index in [1.54, 1.807) is 12.1 Å². The lowest BCUT2D eigenvalue weighted by atomic mass is 10.2. The first-order valence-electron chi connectivity index (χ1n) is 7.03. The number of carbonyl (C=O) groups is 1. The zero-order valence-electron chi connectivity index (χ0n) is 12.4. The van der Waals surface area contributed by atoms with Gasteiger partial charge in [-0.1, -0.05) is 11.6 Å². The maximum atomic E-state index is 10.5. The molecule has 1 heterocycles. The van der Waals surface area contributed by atoms with Crippen LogP contribution in [0, 0.1) is 0 Å². The molecule has 0 aliphatic carbocycles. The summed E-state index contributed by atoms with van der Waals surface area (Å²) in [7, 11) is 0. The van der Waals surface area contributed by atoms with Crippen molar-refractivity contribution in [3.8, 4) is 17.0 Å². The third-order valence-corrected chi connectivity index (χ3v) is 4.12. The maximum Gasteiger partial charge on any atom is 0.341 e. The van der Waals surface area contributed by atoms with Gasteiger partial charge in [0.2, 0.25) is 0 Å². The first-order valence-corrected chi connectivity index (χ1v) is 8.29. The van der Waals surface area contributed by atoms with E-state index < -0.39 is 5.97 Å². The van der Waals surface area contributed by atoms with Gasteiger partial charge in [0, 0.05) is 21.7 Å². The first kappa shape index (κ1) is 16.3. The minimum absolute atomic E-state index is 0.356. The van der Waals surface area contributed by atoms with Gasteiger partial charge >= 0.3 is 5.97 Å². The van der Waals surface area contributed by atoms with Gasteiger partial charge in [0.25, 0.3) is 0 Å². The molecule has 0 unspecified atom stereocenters. The van der Waals surface area contributed by atoms with E-state index >= 15 is 0 Å². The summed E-state index contributed by atoms with van der Waals surface area (Å²) in [6.45, 7) is -0.356. The molecule has 0 aliphatic heterocycles. The highest BCUT2D eigenvalue weighted by Gasteiger charge is 2.06. The van der Waals surface area contributed by atoms with Crippen molar-refractivity contribution in [1.82, 2.24) is 4.98 Å². The number of halogens is 1. The number of thiazole rings is 1. The number of nitrogens with zero attached hydrogens (tertiary/aromatic N) is 1. The van der Waals surface area contributed by atoms with Crippen molar-refractivity contribution < 1.29 is 14.6 Å². The molecule has 1 aromatic heterocycles. The molecule has 0 spiro atoms. The van der Waals surface area contributed by atoms with Crippen molar-refractivity contribution in [2.75, 3.05) is 11.9 Å². The Kier molecular flexibility index (Phi) is 4.98. The number of aromatic nitrogens is 1. The Balaban J connectivity index is 1.68. The van der Waals surface area contributed by atoms with Crippen molar-refractivity contribution >= 4 is 39.7 Å². The molecule has 3 aromatic rings. The number of anilines is 2. The average Bonchev–Trinajstić information content (AvgIpc) is 3.04. The van der Waals surface area contributed by atoms with Gasteiger partial charge < -0.3 is 15.2 Å². The van der Waals surface area contributed by atoms with E-state index in [0.29, 0.717) is 10.8 Å². The fourth-order valence-corrected chi connectivity index (χ4v) is 2.85. The van der Waals surface area contributed by atoms with Crippen LogP contribution in [0.3, 0.4) is 0 Å². The van der Waals surface area contributed by atoms with Crippen molar-refractivity contribution in [3.63, 3.8) is 0 Å². The topological polar surface area (TPSA) is 71.5 Å². The molecule has 2 aromatic carbocycles. The SMILES string of the molecule is O=C(O)COc1ccc(-c2csc(Nc3ccc(Cl)cc3)n2)cc1. The Bertz CT molecular complexity index is 832. The third-order valence-electron chi connectivity index (χ3n) is 3.11. The highest BCUT2D eigenvalue weighted by atomic mass is 35.5. The molecule has 0 fully saturated rings. The molecule has 122 valence electrons. The Labute approximate surface area is 147 Å². The maximum absolute atomic E-state index is 10.5. The van der Waals surface area contributed by atoms with E-state index in [1.807, 2.05) is 41.8 Å². The summed E-state index contributed by atoms with van der Waals surface area (Å²) in [6.07, 6.45) is 0. The normalized spacial score (nSPS) is 10.4. The summed E-state index contributed by atoms with van der Waals surface area (Å²) in [5, 5.41) is 15.2. The predicted molar refractivity (Wildman–Crippen MR) is 95.4 cm³/mol. The zero-order chi connectivity index (χ0) is 16.9. The zero-order valence-corrected chi connectivity index (χ0v) is 14.0. The van der Waals surface area contributed by atoms with Gasteiger partial charge in [-0.3, -0.25) is 0 Å². The summed E-state index contributed by atoms with van der Waals surface area (Å²) in [6, 6.07) is 14.5. The van der Waals surface area contributed by atoms with Crippen molar-refractivity contribution in [1.29, 1.82) is 0 Å². The van der Waals surface area contributed by atoms with Crippen LogP contribution in [0.25, 0.3) is 11.3 Å². The lowest BCUT2D eigenvalue weighted by Crippen LogP contribution is -2.09. The van der Waals surface area contributed by atoms with Crippen molar-refractivity contribution in [2.45, 2.75) is 0 Å². The summed E-state index contributed by atoms with van der Waals surface area (Å²) in [5.74, 6) is -0.493. The number of carboxylic acid groups (broad SMARTS) is 1. The summed E-state index contributed by atoms with van der Waals surface area (Å²) in [5.41, 5.74) is 2.68. The Morgan fingerprint density at radius 2 is 1.88 bits per heavy atom. The van der Waals surface area contributed by atoms with E-state index in [2.05, 4.69) is 10.3 Å². The molecule has 2 N–H and O–H groups in total. The molecule has 0 saturated heterocycles. The number of hydrogen-bond acceptors (Lipinski definition) is 5. The number of benzene rings is 2. The smallest absolute Gasteiger partial charge is 0.341 e. The summed E-state index contributed by atoms with van der Waals surface area (Å²) < 4.78 is 5.11. The van der Waals surface area contributed by atoms with E-state index in [0.717, 1.165) is 22.1 Å². The molecule has 0 radical (unpaired) electrons. The van der Waals surface area contributed by atoms with E-state index in [4.69, 9.17) is 21.4 Å². The minimum Gasteiger partial charge on any atom is -0.482 e. The molecule has 24 heavy (non-hydrogen) atoms. The molecule has 0 saturated carbocycles. The van der Waals surface area contributed by atoms with Crippen LogP contribution in [0.1, 0.15) is 0 Å². The quantitative estimate of drug-likeness (QED) is 0.668. The fourth-order valence-electron chi connectivity index (χ4n) is 1.99. The van der Waals surface area contributed by atoms with Crippen LogP contribution in [0.5, 0.6) is 5.75 Å². The van der Waals surface area contributed by atoms with Crippen LogP contribution < -0.4 is 10.1 Å². The van der Waals surface area contributed by atoms with E-state index in [9.17, 15) is 4.79 Å². The van der Waals surface area contributed by atoms with Crippen molar-refractivity contribution in [2.24, 2.45) is 0 Å². The second-order valence-corrected chi connectivity index (χ2v) is 6.17. The molecule has 0 atom stereocenters. The lowest BCUT2D eigenvalue weighted by molar-refractivity contribution is -0.139. The van der Waals surface area contributed by atoms with E-state index in [1.165, 1.54) is 11.3 Å². The molecule has 0 bridgehead atoms. The Morgan fingerprint density at radius 1 is 1.17 bits per heavy atom. The molecule has 0 aliphatic rings. The minimum atomic E-state index is -1.00.